The molecule has 0 unspecified atom stereocenters. The molecule has 0 radical (unpaired) electrons. The Hall–Kier alpha value is -2.13. The molecule has 0 spiro atoms. The third kappa shape index (κ3) is 3.85. The Morgan fingerprint density at radius 3 is 2.38 bits per heavy atom. The number of hydrogen-bond donors (Lipinski definition) is 0. The number of aryl methyl sites for hydroxylation is 1. The minimum Gasteiger partial charge on any atom is -0.487 e. The van der Waals surface area contributed by atoms with Gasteiger partial charge in [0.2, 0.25) is 0 Å². The Kier molecular flexibility index (Phi) is 4.72. The highest BCUT2D eigenvalue weighted by Gasteiger charge is 2.14. The number of nitrogens with zero attached hydrogens (tertiary/aromatic N) is 1. The van der Waals surface area contributed by atoms with Crippen LogP contribution in [-0.4, -0.2) is 4.98 Å². The molecule has 0 N–H and O–H groups in total. The molecule has 0 aliphatic carbocycles. The molecule has 0 aliphatic heterocycles. The zero-order valence-corrected chi connectivity index (χ0v) is 15.5. The molecule has 0 aliphatic rings. The number of rotatable bonds is 4. The van der Waals surface area contributed by atoms with Gasteiger partial charge in [0.25, 0.3) is 0 Å². The number of thiazole rings is 1. The summed E-state index contributed by atoms with van der Waals surface area (Å²) >= 11 is 1.66. The maximum Gasteiger partial charge on any atom is 0.131 e. The molecule has 0 fully saturated rings. The van der Waals surface area contributed by atoms with E-state index in [0.717, 1.165) is 27.6 Å². The van der Waals surface area contributed by atoms with Crippen molar-refractivity contribution in [3.8, 4) is 16.3 Å². The van der Waals surface area contributed by atoms with Crippen molar-refractivity contribution in [3.63, 3.8) is 0 Å². The number of para-hydroxylation sites is 1. The SMILES string of the molecule is Cc1ccccc1OCc1csc(-c2ccc(C(C)(C)C)cc2)n1. The molecule has 3 rings (SSSR count). The second-order valence-electron chi connectivity index (χ2n) is 7.03. The van der Waals surface area contributed by atoms with Gasteiger partial charge in [0.05, 0.1) is 5.69 Å². The summed E-state index contributed by atoms with van der Waals surface area (Å²) in [6.07, 6.45) is 0. The first-order chi connectivity index (χ1) is 11.4. The number of benzene rings is 2. The molecular formula is C21H23NOS. The van der Waals surface area contributed by atoms with E-state index in [1.54, 1.807) is 11.3 Å². The quantitative estimate of drug-likeness (QED) is 0.583. The Labute approximate surface area is 148 Å². The molecule has 1 heterocycles. The van der Waals surface area contributed by atoms with E-state index in [-0.39, 0.29) is 5.41 Å². The van der Waals surface area contributed by atoms with Crippen molar-refractivity contribution in [2.45, 2.75) is 39.7 Å². The lowest BCUT2D eigenvalue weighted by molar-refractivity contribution is 0.300. The Bertz CT molecular complexity index is 812. The molecule has 3 heteroatoms. The number of ether oxygens (including phenoxy) is 1. The van der Waals surface area contributed by atoms with Crippen molar-refractivity contribution in [3.05, 3.63) is 70.7 Å². The zero-order valence-electron chi connectivity index (χ0n) is 14.7. The first-order valence-corrected chi connectivity index (χ1v) is 9.05. The summed E-state index contributed by atoms with van der Waals surface area (Å²) in [5.41, 5.74) is 4.79. The molecule has 2 aromatic carbocycles. The van der Waals surface area contributed by atoms with E-state index in [4.69, 9.17) is 9.72 Å². The molecule has 124 valence electrons. The van der Waals surface area contributed by atoms with Gasteiger partial charge in [-0.3, -0.25) is 0 Å². The van der Waals surface area contributed by atoms with Gasteiger partial charge in [0, 0.05) is 10.9 Å². The third-order valence-corrected chi connectivity index (χ3v) is 4.96. The van der Waals surface area contributed by atoms with Crippen LogP contribution in [0.5, 0.6) is 5.75 Å². The topological polar surface area (TPSA) is 22.1 Å². The van der Waals surface area contributed by atoms with E-state index in [1.807, 2.05) is 18.2 Å². The second kappa shape index (κ2) is 6.78. The minimum absolute atomic E-state index is 0.175. The van der Waals surface area contributed by atoms with E-state index in [2.05, 4.69) is 63.4 Å². The molecular weight excluding hydrogens is 314 g/mol. The predicted molar refractivity (Wildman–Crippen MR) is 102 cm³/mol. The Morgan fingerprint density at radius 2 is 1.71 bits per heavy atom. The molecule has 1 aromatic heterocycles. The highest BCUT2D eigenvalue weighted by molar-refractivity contribution is 7.13. The van der Waals surface area contributed by atoms with Gasteiger partial charge in [-0.15, -0.1) is 11.3 Å². The van der Waals surface area contributed by atoms with Gasteiger partial charge in [-0.05, 0) is 29.5 Å². The summed E-state index contributed by atoms with van der Waals surface area (Å²) in [6.45, 7) is 9.24. The smallest absolute Gasteiger partial charge is 0.131 e. The fraction of sp³-hybridized carbons (Fsp3) is 0.286. The van der Waals surface area contributed by atoms with Crippen LogP contribution in [0.15, 0.2) is 53.9 Å². The zero-order chi connectivity index (χ0) is 17.2. The van der Waals surface area contributed by atoms with Crippen LogP contribution in [0.2, 0.25) is 0 Å². The Balaban J connectivity index is 1.70. The summed E-state index contributed by atoms with van der Waals surface area (Å²) in [7, 11) is 0. The summed E-state index contributed by atoms with van der Waals surface area (Å²) in [5, 5.41) is 3.12. The van der Waals surface area contributed by atoms with E-state index in [1.165, 1.54) is 5.56 Å². The van der Waals surface area contributed by atoms with Crippen LogP contribution in [0.25, 0.3) is 10.6 Å². The summed E-state index contributed by atoms with van der Waals surface area (Å²) in [5.74, 6) is 0.918. The first-order valence-electron chi connectivity index (χ1n) is 8.17. The van der Waals surface area contributed by atoms with Crippen LogP contribution in [-0.2, 0) is 12.0 Å². The van der Waals surface area contributed by atoms with E-state index >= 15 is 0 Å². The molecule has 0 amide bonds. The van der Waals surface area contributed by atoms with Gasteiger partial charge in [-0.2, -0.15) is 0 Å². The maximum absolute atomic E-state index is 5.88. The lowest BCUT2D eigenvalue weighted by atomic mass is 9.87. The van der Waals surface area contributed by atoms with Gasteiger partial charge >= 0.3 is 0 Å². The molecule has 3 aromatic rings. The summed E-state index contributed by atoms with van der Waals surface area (Å²) in [6, 6.07) is 16.8. The molecule has 0 bridgehead atoms. The number of aromatic nitrogens is 1. The third-order valence-electron chi connectivity index (χ3n) is 4.02. The average Bonchev–Trinajstić information content (AvgIpc) is 3.02. The fourth-order valence-electron chi connectivity index (χ4n) is 2.49. The Morgan fingerprint density at radius 1 is 1.00 bits per heavy atom. The standard InChI is InChI=1S/C21H23NOS/c1-15-7-5-6-8-19(15)23-13-18-14-24-20(22-18)16-9-11-17(12-10-16)21(2,3)4/h5-12,14H,13H2,1-4H3. The van der Waals surface area contributed by atoms with E-state index < -0.39 is 0 Å². The van der Waals surface area contributed by atoms with Crippen LogP contribution in [0.3, 0.4) is 0 Å². The van der Waals surface area contributed by atoms with Crippen LogP contribution in [0.4, 0.5) is 0 Å². The van der Waals surface area contributed by atoms with Crippen LogP contribution in [0.1, 0.15) is 37.6 Å². The minimum atomic E-state index is 0.175. The second-order valence-corrected chi connectivity index (χ2v) is 7.88. The summed E-state index contributed by atoms with van der Waals surface area (Å²) in [4.78, 5) is 4.71. The van der Waals surface area contributed by atoms with Gasteiger partial charge < -0.3 is 4.74 Å². The van der Waals surface area contributed by atoms with Crippen molar-refractivity contribution in [1.29, 1.82) is 0 Å². The van der Waals surface area contributed by atoms with Crippen molar-refractivity contribution < 1.29 is 4.74 Å². The largest absolute Gasteiger partial charge is 0.487 e. The summed E-state index contributed by atoms with van der Waals surface area (Å²) < 4.78 is 5.88. The van der Waals surface area contributed by atoms with Crippen LogP contribution >= 0.6 is 11.3 Å². The first kappa shape index (κ1) is 16.7. The van der Waals surface area contributed by atoms with E-state index in [0.29, 0.717) is 6.61 Å². The normalized spacial score (nSPS) is 11.5. The lowest BCUT2D eigenvalue weighted by Crippen LogP contribution is -2.10. The van der Waals surface area contributed by atoms with Crippen molar-refractivity contribution >= 4 is 11.3 Å². The monoisotopic (exact) mass is 337 g/mol. The average molecular weight is 337 g/mol. The van der Waals surface area contributed by atoms with Crippen molar-refractivity contribution in [2.24, 2.45) is 0 Å². The van der Waals surface area contributed by atoms with Gasteiger partial charge in [-0.25, -0.2) is 4.98 Å². The van der Waals surface area contributed by atoms with Gasteiger partial charge in [-0.1, -0.05) is 63.2 Å². The van der Waals surface area contributed by atoms with Gasteiger partial charge in [0.15, 0.2) is 0 Å². The predicted octanol–water partition coefficient (Wildman–Crippen LogP) is 6.00. The highest BCUT2D eigenvalue weighted by atomic mass is 32.1. The van der Waals surface area contributed by atoms with Crippen molar-refractivity contribution in [2.75, 3.05) is 0 Å². The van der Waals surface area contributed by atoms with Crippen LogP contribution < -0.4 is 4.74 Å². The van der Waals surface area contributed by atoms with Crippen molar-refractivity contribution in [1.82, 2.24) is 4.98 Å². The van der Waals surface area contributed by atoms with Crippen LogP contribution in [0, 0.1) is 6.92 Å². The number of hydrogen-bond acceptors (Lipinski definition) is 3. The highest BCUT2D eigenvalue weighted by Crippen LogP contribution is 2.28. The molecule has 0 saturated heterocycles. The molecule has 24 heavy (non-hydrogen) atoms. The molecule has 2 nitrogen and oxygen atoms in total. The van der Waals surface area contributed by atoms with E-state index in [9.17, 15) is 0 Å². The molecule has 0 saturated carbocycles. The lowest BCUT2D eigenvalue weighted by Gasteiger charge is -2.18. The maximum atomic E-state index is 5.88. The molecule has 0 atom stereocenters. The fourth-order valence-corrected chi connectivity index (χ4v) is 3.30. The van der Waals surface area contributed by atoms with Gasteiger partial charge in [0.1, 0.15) is 17.4 Å².